The van der Waals surface area contributed by atoms with Crippen molar-refractivity contribution in [2.45, 2.75) is 6.04 Å². The van der Waals surface area contributed by atoms with E-state index in [0.717, 1.165) is 28.2 Å². The third-order valence-corrected chi connectivity index (χ3v) is 5.89. The Morgan fingerprint density at radius 2 is 1.23 bits per heavy atom. The van der Waals surface area contributed by atoms with Gasteiger partial charge in [-0.1, -0.05) is 97.1 Å². The number of rotatable bonds is 3. The van der Waals surface area contributed by atoms with Gasteiger partial charge in [0.15, 0.2) is 0 Å². The SMILES string of the molecule is C1=C(c2ccc(-c3ccccc3)cc2)Nc2nc3ccccc3n2[C@@H]1c1ccccc1. The first-order chi connectivity index (χ1) is 15.4. The Morgan fingerprint density at radius 3 is 2.00 bits per heavy atom. The first-order valence-corrected chi connectivity index (χ1v) is 10.5. The Bertz CT molecular complexity index is 1380. The molecule has 0 spiro atoms. The highest BCUT2D eigenvalue weighted by atomic mass is 15.2. The van der Waals surface area contributed by atoms with Crippen molar-refractivity contribution in [3.8, 4) is 11.1 Å². The van der Waals surface area contributed by atoms with E-state index in [2.05, 4.69) is 113 Å². The Kier molecular flexibility index (Phi) is 4.17. The van der Waals surface area contributed by atoms with Crippen LogP contribution in [0.25, 0.3) is 27.9 Å². The van der Waals surface area contributed by atoms with E-state index in [1.165, 1.54) is 16.7 Å². The van der Waals surface area contributed by atoms with Gasteiger partial charge >= 0.3 is 0 Å². The van der Waals surface area contributed by atoms with Crippen molar-refractivity contribution in [1.29, 1.82) is 0 Å². The van der Waals surface area contributed by atoms with E-state index in [1.807, 2.05) is 12.1 Å². The molecule has 1 atom stereocenters. The molecule has 6 rings (SSSR count). The van der Waals surface area contributed by atoms with Crippen LogP contribution in [0, 0.1) is 0 Å². The fourth-order valence-corrected chi connectivity index (χ4v) is 4.35. The van der Waals surface area contributed by atoms with E-state index in [-0.39, 0.29) is 6.04 Å². The van der Waals surface area contributed by atoms with Crippen LogP contribution in [-0.2, 0) is 0 Å². The normalized spacial score (nSPS) is 15.2. The summed E-state index contributed by atoms with van der Waals surface area (Å²) >= 11 is 0. The molecule has 2 heterocycles. The summed E-state index contributed by atoms with van der Waals surface area (Å²) in [4.78, 5) is 4.88. The van der Waals surface area contributed by atoms with Crippen molar-refractivity contribution >= 4 is 22.7 Å². The van der Waals surface area contributed by atoms with Crippen LogP contribution in [0.2, 0.25) is 0 Å². The molecular weight excluding hydrogens is 378 g/mol. The van der Waals surface area contributed by atoms with Crippen molar-refractivity contribution in [1.82, 2.24) is 9.55 Å². The van der Waals surface area contributed by atoms with Gasteiger partial charge in [0.2, 0.25) is 5.95 Å². The van der Waals surface area contributed by atoms with E-state index in [1.54, 1.807) is 0 Å². The lowest BCUT2D eigenvalue weighted by Crippen LogP contribution is -2.19. The minimum Gasteiger partial charge on any atom is -0.325 e. The molecule has 3 nitrogen and oxygen atoms in total. The largest absolute Gasteiger partial charge is 0.325 e. The molecule has 1 aliphatic heterocycles. The van der Waals surface area contributed by atoms with Gasteiger partial charge in [0.05, 0.1) is 17.1 Å². The van der Waals surface area contributed by atoms with Crippen LogP contribution in [0.3, 0.4) is 0 Å². The maximum atomic E-state index is 4.88. The number of imidazole rings is 1. The predicted molar refractivity (Wildman–Crippen MR) is 128 cm³/mol. The number of aromatic nitrogens is 2. The fourth-order valence-electron chi connectivity index (χ4n) is 4.35. The molecule has 148 valence electrons. The molecular formula is C28H21N3. The van der Waals surface area contributed by atoms with Gasteiger partial charge in [0.1, 0.15) is 0 Å². The Balaban J connectivity index is 1.45. The number of hydrogen-bond acceptors (Lipinski definition) is 2. The molecule has 31 heavy (non-hydrogen) atoms. The number of anilines is 1. The Morgan fingerprint density at radius 1 is 0.613 bits per heavy atom. The highest BCUT2D eigenvalue weighted by Gasteiger charge is 2.25. The monoisotopic (exact) mass is 399 g/mol. The Hall–Kier alpha value is -4.11. The lowest BCUT2D eigenvalue weighted by atomic mass is 9.99. The molecule has 1 aliphatic rings. The van der Waals surface area contributed by atoms with Crippen molar-refractivity contribution in [3.05, 3.63) is 126 Å². The standard InChI is InChI=1S/C28H21N3/c1-3-9-20(10-4-1)21-15-17-22(18-16-21)25-19-27(23-11-5-2-6-12-23)31-26-14-8-7-13-24(26)29-28(31)30-25/h1-19,27H,(H,29,30)/t27-/m0/s1. The van der Waals surface area contributed by atoms with E-state index in [4.69, 9.17) is 4.98 Å². The van der Waals surface area contributed by atoms with Crippen LogP contribution in [0.1, 0.15) is 17.2 Å². The molecule has 4 aromatic carbocycles. The van der Waals surface area contributed by atoms with Gasteiger partial charge in [-0.3, -0.25) is 4.57 Å². The molecule has 0 aliphatic carbocycles. The summed E-state index contributed by atoms with van der Waals surface area (Å²) in [6, 6.07) is 38.2. The minimum atomic E-state index is 0.0775. The second-order valence-corrected chi connectivity index (χ2v) is 7.80. The van der Waals surface area contributed by atoms with Crippen molar-refractivity contribution in [3.63, 3.8) is 0 Å². The summed E-state index contributed by atoms with van der Waals surface area (Å²) in [5, 5.41) is 3.57. The van der Waals surface area contributed by atoms with E-state index < -0.39 is 0 Å². The molecule has 0 fully saturated rings. The quantitative estimate of drug-likeness (QED) is 0.363. The predicted octanol–water partition coefficient (Wildman–Crippen LogP) is 6.76. The zero-order valence-corrected chi connectivity index (χ0v) is 16.9. The van der Waals surface area contributed by atoms with Crippen LogP contribution in [-0.4, -0.2) is 9.55 Å². The summed E-state index contributed by atoms with van der Waals surface area (Å²) in [6.07, 6.45) is 2.30. The van der Waals surface area contributed by atoms with Crippen molar-refractivity contribution in [2.75, 3.05) is 5.32 Å². The molecule has 0 bridgehead atoms. The Labute approximate surface area is 181 Å². The van der Waals surface area contributed by atoms with Crippen LogP contribution < -0.4 is 5.32 Å². The number of allylic oxidation sites excluding steroid dienone is 1. The van der Waals surface area contributed by atoms with Crippen LogP contribution >= 0.6 is 0 Å². The maximum absolute atomic E-state index is 4.88. The van der Waals surface area contributed by atoms with Gasteiger partial charge in [0.25, 0.3) is 0 Å². The minimum absolute atomic E-state index is 0.0775. The lowest BCUT2D eigenvalue weighted by molar-refractivity contribution is 0.720. The molecule has 0 amide bonds. The smallest absolute Gasteiger partial charge is 0.209 e. The number of fused-ring (bicyclic) bond motifs is 3. The summed E-state index contributed by atoms with van der Waals surface area (Å²) in [6.45, 7) is 0. The number of nitrogens with one attached hydrogen (secondary N) is 1. The molecule has 1 N–H and O–H groups in total. The average Bonchev–Trinajstić information content (AvgIpc) is 3.23. The number of benzene rings is 4. The second-order valence-electron chi connectivity index (χ2n) is 7.80. The van der Waals surface area contributed by atoms with Crippen LogP contribution in [0.4, 0.5) is 5.95 Å². The van der Waals surface area contributed by atoms with E-state index in [9.17, 15) is 0 Å². The fraction of sp³-hybridized carbons (Fsp3) is 0.0357. The highest BCUT2D eigenvalue weighted by Crippen LogP contribution is 2.37. The third-order valence-electron chi connectivity index (χ3n) is 5.89. The number of para-hydroxylation sites is 2. The van der Waals surface area contributed by atoms with Crippen LogP contribution in [0.5, 0.6) is 0 Å². The maximum Gasteiger partial charge on any atom is 0.209 e. The van der Waals surface area contributed by atoms with Crippen molar-refractivity contribution in [2.24, 2.45) is 0 Å². The molecule has 1 aromatic heterocycles. The number of hydrogen-bond donors (Lipinski definition) is 1. The molecule has 5 aromatic rings. The summed E-state index contributed by atoms with van der Waals surface area (Å²) in [7, 11) is 0. The average molecular weight is 399 g/mol. The van der Waals surface area contributed by atoms with Crippen molar-refractivity contribution < 1.29 is 0 Å². The first-order valence-electron chi connectivity index (χ1n) is 10.5. The topological polar surface area (TPSA) is 29.9 Å². The van der Waals surface area contributed by atoms with Crippen LogP contribution in [0.15, 0.2) is 115 Å². The highest BCUT2D eigenvalue weighted by molar-refractivity contribution is 5.86. The summed E-state index contributed by atoms with van der Waals surface area (Å²) in [5.74, 6) is 0.875. The van der Waals surface area contributed by atoms with Gasteiger partial charge < -0.3 is 5.32 Å². The lowest BCUT2D eigenvalue weighted by Gasteiger charge is -2.26. The molecule has 0 unspecified atom stereocenters. The van der Waals surface area contributed by atoms with E-state index >= 15 is 0 Å². The third kappa shape index (κ3) is 3.11. The van der Waals surface area contributed by atoms with Gasteiger partial charge in [-0.25, -0.2) is 4.98 Å². The molecule has 3 heteroatoms. The molecule has 0 radical (unpaired) electrons. The first kappa shape index (κ1) is 17.7. The van der Waals surface area contributed by atoms with Gasteiger partial charge in [0, 0.05) is 5.70 Å². The summed E-state index contributed by atoms with van der Waals surface area (Å²) in [5.41, 5.74) is 8.05. The zero-order valence-electron chi connectivity index (χ0n) is 16.9. The second kappa shape index (κ2) is 7.29. The van der Waals surface area contributed by atoms with Gasteiger partial charge in [-0.15, -0.1) is 0 Å². The summed E-state index contributed by atoms with van der Waals surface area (Å²) < 4.78 is 2.28. The molecule has 0 saturated carbocycles. The van der Waals surface area contributed by atoms with Gasteiger partial charge in [-0.2, -0.15) is 0 Å². The number of nitrogens with zero attached hydrogens (tertiary/aromatic N) is 2. The van der Waals surface area contributed by atoms with E-state index in [0.29, 0.717) is 0 Å². The zero-order chi connectivity index (χ0) is 20.6. The molecule has 0 saturated heterocycles. The van der Waals surface area contributed by atoms with Gasteiger partial charge in [-0.05, 0) is 40.5 Å².